The Kier molecular flexibility index (Phi) is 7.98. The summed E-state index contributed by atoms with van der Waals surface area (Å²) in [6, 6.07) is 83.4. The van der Waals surface area contributed by atoms with Gasteiger partial charge in [0.15, 0.2) is 0 Å². The summed E-state index contributed by atoms with van der Waals surface area (Å²) in [7, 11) is 0. The molecule has 61 heavy (non-hydrogen) atoms. The first-order chi connectivity index (χ1) is 30.2. The molecule has 0 saturated heterocycles. The summed E-state index contributed by atoms with van der Waals surface area (Å²) in [5.41, 5.74) is 15.1. The molecule has 12 rings (SSSR count). The molecule has 0 bridgehead atoms. The zero-order valence-electron chi connectivity index (χ0n) is 33.2. The van der Waals surface area contributed by atoms with Crippen LogP contribution in [0.15, 0.2) is 235 Å². The van der Waals surface area contributed by atoms with Crippen LogP contribution < -0.4 is 0 Å². The van der Waals surface area contributed by atoms with E-state index in [1.807, 2.05) is 30.3 Å². The van der Waals surface area contributed by atoms with E-state index in [0.717, 1.165) is 55.5 Å². The van der Waals surface area contributed by atoms with Crippen molar-refractivity contribution in [3.63, 3.8) is 0 Å². The topological polar surface area (TPSA) is 38.9 Å². The minimum absolute atomic E-state index is 0.731. The van der Waals surface area contributed by atoms with Crippen molar-refractivity contribution in [3.8, 4) is 33.6 Å². The highest BCUT2D eigenvalue weighted by atomic mass is 16.3. The van der Waals surface area contributed by atoms with Gasteiger partial charge in [0, 0.05) is 21.9 Å². The fraction of sp³-hybridized carbons (Fsp3) is 0.0345. The van der Waals surface area contributed by atoms with Crippen molar-refractivity contribution in [3.05, 3.63) is 264 Å². The van der Waals surface area contributed by atoms with Crippen LogP contribution in [-0.4, -0.2) is 9.97 Å². The number of para-hydroxylation sites is 3. The van der Waals surface area contributed by atoms with Crippen LogP contribution in [0.1, 0.15) is 33.4 Å². The fourth-order valence-electron chi connectivity index (χ4n) is 10.5. The highest BCUT2D eigenvalue weighted by Gasteiger charge is 2.61. The van der Waals surface area contributed by atoms with E-state index in [9.17, 15) is 0 Å². The zero-order valence-corrected chi connectivity index (χ0v) is 33.2. The molecule has 0 spiro atoms. The Hall–Kier alpha value is -7.88. The maximum atomic E-state index is 6.44. The van der Waals surface area contributed by atoms with Crippen molar-refractivity contribution >= 4 is 33.0 Å². The standard InChI is InChI=1S/C58H38N2O/c1-5-19-41(20-6-1)57(42-21-7-2-8-22-42)49-29-15-13-27-45(49)46-35-33-39(37-50(46)58(57,43-23-9-3-10-24-43)44-25-11-4-12-26-44)55-56(60-52-31-17-16-30-51(52)59-55)40-34-36-48-47-28-14-18-32-53(47)61-54(48)38-40/h1-38H. The summed E-state index contributed by atoms with van der Waals surface area (Å²) in [4.78, 5) is 10.9. The highest BCUT2D eigenvalue weighted by Crippen LogP contribution is 2.65. The zero-order chi connectivity index (χ0) is 40.4. The second kappa shape index (κ2) is 13.9. The van der Waals surface area contributed by atoms with Gasteiger partial charge in [-0.15, -0.1) is 0 Å². The third-order valence-corrected chi connectivity index (χ3v) is 12.9. The number of nitrogens with zero attached hydrogens (tertiary/aromatic N) is 2. The summed E-state index contributed by atoms with van der Waals surface area (Å²) in [5.74, 6) is 0. The van der Waals surface area contributed by atoms with E-state index in [-0.39, 0.29) is 0 Å². The molecule has 11 aromatic rings. The van der Waals surface area contributed by atoms with Crippen LogP contribution in [0.4, 0.5) is 0 Å². The minimum Gasteiger partial charge on any atom is -0.456 e. The van der Waals surface area contributed by atoms with Gasteiger partial charge in [-0.1, -0.05) is 194 Å². The molecule has 0 atom stereocenters. The lowest BCUT2D eigenvalue weighted by Gasteiger charge is -2.57. The minimum atomic E-state index is -0.782. The van der Waals surface area contributed by atoms with Crippen molar-refractivity contribution < 1.29 is 4.42 Å². The van der Waals surface area contributed by atoms with Gasteiger partial charge in [0.1, 0.15) is 11.2 Å². The number of aromatic nitrogens is 2. The summed E-state index contributed by atoms with van der Waals surface area (Å²) in [6.45, 7) is 0. The van der Waals surface area contributed by atoms with Gasteiger partial charge in [-0.3, -0.25) is 0 Å². The maximum Gasteiger partial charge on any atom is 0.136 e. The lowest BCUT2D eigenvalue weighted by atomic mass is 9.43. The van der Waals surface area contributed by atoms with E-state index < -0.39 is 10.8 Å². The number of rotatable bonds is 6. The lowest BCUT2D eigenvalue weighted by molar-refractivity contribution is 0.415. The van der Waals surface area contributed by atoms with Crippen LogP contribution >= 0.6 is 0 Å². The second-order valence-electron chi connectivity index (χ2n) is 16.0. The first-order valence-electron chi connectivity index (χ1n) is 20.9. The third-order valence-electron chi connectivity index (χ3n) is 12.9. The summed E-state index contributed by atoms with van der Waals surface area (Å²) in [5, 5.41) is 2.18. The number of furan rings is 1. The molecule has 0 saturated carbocycles. The van der Waals surface area contributed by atoms with E-state index >= 15 is 0 Å². The van der Waals surface area contributed by atoms with E-state index in [0.29, 0.717) is 0 Å². The largest absolute Gasteiger partial charge is 0.456 e. The van der Waals surface area contributed by atoms with Gasteiger partial charge in [0.25, 0.3) is 0 Å². The van der Waals surface area contributed by atoms with Crippen molar-refractivity contribution in [1.29, 1.82) is 0 Å². The molecule has 0 aliphatic heterocycles. The molecule has 0 fully saturated rings. The van der Waals surface area contributed by atoms with Crippen LogP contribution in [0.5, 0.6) is 0 Å². The molecular weight excluding hydrogens is 741 g/mol. The molecule has 1 aliphatic carbocycles. The maximum absolute atomic E-state index is 6.44. The molecule has 0 unspecified atom stereocenters. The Morgan fingerprint density at radius 2 is 0.738 bits per heavy atom. The van der Waals surface area contributed by atoms with Crippen LogP contribution in [0.2, 0.25) is 0 Å². The quantitative estimate of drug-likeness (QED) is 0.169. The molecule has 2 heterocycles. The average molecular weight is 779 g/mol. The Bertz CT molecular complexity index is 3330. The summed E-state index contributed by atoms with van der Waals surface area (Å²) in [6.07, 6.45) is 0. The Labute approximate surface area is 354 Å². The first-order valence-corrected chi connectivity index (χ1v) is 20.9. The van der Waals surface area contributed by atoms with E-state index in [1.54, 1.807) is 0 Å². The molecule has 1 aliphatic rings. The van der Waals surface area contributed by atoms with Crippen LogP contribution in [0.25, 0.3) is 66.6 Å². The van der Waals surface area contributed by atoms with Gasteiger partial charge in [0.2, 0.25) is 0 Å². The van der Waals surface area contributed by atoms with Crippen molar-refractivity contribution in [2.75, 3.05) is 0 Å². The Morgan fingerprint density at radius 3 is 1.33 bits per heavy atom. The van der Waals surface area contributed by atoms with E-state index in [1.165, 1.54) is 44.5 Å². The highest BCUT2D eigenvalue weighted by molar-refractivity contribution is 6.06. The summed E-state index contributed by atoms with van der Waals surface area (Å²) >= 11 is 0. The average Bonchev–Trinajstić information content (AvgIpc) is 3.72. The third kappa shape index (κ3) is 5.11. The number of benzene rings is 9. The van der Waals surface area contributed by atoms with Gasteiger partial charge >= 0.3 is 0 Å². The molecule has 0 N–H and O–H groups in total. The van der Waals surface area contributed by atoms with Crippen molar-refractivity contribution in [2.24, 2.45) is 0 Å². The molecule has 3 heteroatoms. The SMILES string of the molecule is c1ccc(C2(c3ccccc3)c3ccccc3-c3ccc(-c4nc5ccccc5nc4-c4ccc5c(c4)oc4ccccc45)cc3C2(c2ccccc2)c2ccccc2)cc1. The van der Waals surface area contributed by atoms with Crippen molar-refractivity contribution in [2.45, 2.75) is 10.8 Å². The number of hydrogen-bond donors (Lipinski definition) is 0. The fourth-order valence-corrected chi connectivity index (χ4v) is 10.5. The summed E-state index contributed by atoms with van der Waals surface area (Å²) < 4.78 is 6.44. The number of fused-ring (bicyclic) bond motifs is 7. The molecule has 0 radical (unpaired) electrons. The van der Waals surface area contributed by atoms with Gasteiger partial charge in [0.05, 0.1) is 33.3 Å². The predicted molar refractivity (Wildman–Crippen MR) is 249 cm³/mol. The van der Waals surface area contributed by atoms with Gasteiger partial charge in [-0.2, -0.15) is 0 Å². The molecule has 9 aromatic carbocycles. The normalized spacial score (nSPS) is 13.8. The van der Waals surface area contributed by atoms with E-state index in [4.69, 9.17) is 14.4 Å². The van der Waals surface area contributed by atoms with E-state index in [2.05, 4.69) is 200 Å². The van der Waals surface area contributed by atoms with Gasteiger partial charge in [-0.05, 0) is 80.9 Å². The van der Waals surface area contributed by atoms with Gasteiger partial charge < -0.3 is 4.42 Å². The Balaban J connectivity index is 1.23. The van der Waals surface area contributed by atoms with Crippen LogP contribution in [-0.2, 0) is 10.8 Å². The lowest BCUT2D eigenvalue weighted by Crippen LogP contribution is -2.54. The van der Waals surface area contributed by atoms with Crippen LogP contribution in [0.3, 0.4) is 0 Å². The second-order valence-corrected chi connectivity index (χ2v) is 16.0. The van der Waals surface area contributed by atoms with Crippen molar-refractivity contribution in [1.82, 2.24) is 9.97 Å². The van der Waals surface area contributed by atoms with Crippen LogP contribution in [0, 0.1) is 0 Å². The van der Waals surface area contributed by atoms with Gasteiger partial charge in [-0.25, -0.2) is 9.97 Å². The molecule has 3 nitrogen and oxygen atoms in total. The number of hydrogen-bond acceptors (Lipinski definition) is 3. The molecule has 0 amide bonds. The molecular formula is C58H38N2O. The Morgan fingerprint density at radius 1 is 0.311 bits per heavy atom. The smallest absolute Gasteiger partial charge is 0.136 e. The monoisotopic (exact) mass is 778 g/mol. The predicted octanol–water partition coefficient (Wildman–Crippen LogP) is 14.2. The molecule has 286 valence electrons. The first kappa shape index (κ1) is 35.1. The molecule has 2 aromatic heterocycles.